The van der Waals surface area contributed by atoms with Gasteiger partial charge in [-0.05, 0) is 39.0 Å². The van der Waals surface area contributed by atoms with E-state index in [-0.39, 0.29) is 12.5 Å². The fraction of sp³-hybridized carbons (Fsp3) is 0.389. The Morgan fingerprint density at radius 2 is 1.96 bits per heavy atom. The van der Waals surface area contributed by atoms with Crippen LogP contribution in [0.2, 0.25) is 0 Å². The molecule has 0 radical (unpaired) electrons. The minimum atomic E-state index is -0.933. The maximum atomic E-state index is 12.7. The fourth-order valence-corrected chi connectivity index (χ4v) is 3.15. The van der Waals surface area contributed by atoms with Crippen LogP contribution in [-0.4, -0.2) is 34.6 Å². The SMILES string of the molecule is CCN(CC(C)(C)O)C(=O)c1occc1CSc1ccccc1. The number of aliphatic hydroxyl groups is 1. The molecule has 124 valence electrons. The Bertz CT molecular complexity index is 631. The molecule has 2 aromatic rings. The number of benzene rings is 1. The van der Waals surface area contributed by atoms with Crippen LogP contribution >= 0.6 is 11.8 Å². The maximum Gasteiger partial charge on any atom is 0.289 e. The van der Waals surface area contributed by atoms with E-state index in [2.05, 4.69) is 0 Å². The van der Waals surface area contributed by atoms with Crippen molar-refractivity contribution in [1.82, 2.24) is 4.90 Å². The molecule has 1 N–H and O–H groups in total. The smallest absolute Gasteiger partial charge is 0.289 e. The number of likely N-dealkylation sites (N-methyl/N-ethyl adjacent to an activating group) is 1. The minimum absolute atomic E-state index is 0.178. The summed E-state index contributed by atoms with van der Waals surface area (Å²) in [4.78, 5) is 15.4. The summed E-state index contributed by atoms with van der Waals surface area (Å²) < 4.78 is 5.43. The van der Waals surface area contributed by atoms with Crippen molar-refractivity contribution in [2.24, 2.45) is 0 Å². The molecular weight excluding hydrogens is 310 g/mol. The topological polar surface area (TPSA) is 53.7 Å². The van der Waals surface area contributed by atoms with Crippen LogP contribution in [0.4, 0.5) is 0 Å². The van der Waals surface area contributed by atoms with Gasteiger partial charge in [-0.1, -0.05) is 18.2 Å². The van der Waals surface area contributed by atoms with Crippen molar-refractivity contribution in [1.29, 1.82) is 0 Å². The molecule has 1 heterocycles. The third kappa shape index (κ3) is 5.15. The van der Waals surface area contributed by atoms with Crippen LogP contribution in [0.1, 0.15) is 36.9 Å². The maximum absolute atomic E-state index is 12.7. The number of rotatable bonds is 7. The Balaban J connectivity index is 2.08. The first-order valence-corrected chi connectivity index (χ1v) is 8.65. The Morgan fingerprint density at radius 3 is 2.57 bits per heavy atom. The van der Waals surface area contributed by atoms with E-state index in [1.54, 1.807) is 36.8 Å². The quantitative estimate of drug-likeness (QED) is 0.783. The molecular formula is C18H23NO3S. The van der Waals surface area contributed by atoms with Crippen LogP contribution in [-0.2, 0) is 5.75 Å². The molecule has 0 bridgehead atoms. The van der Waals surface area contributed by atoms with Gasteiger partial charge >= 0.3 is 0 Å². The van der Waals surface area contributed by atoms with Crippen molar-refractivity contribution in [2.45, 2.75) is 37.0 Å². The first-order chi connectivity index (χ1) is 10.9. The van der Waals surface area contributed by atoms with Crippen molar-refractivity contribution in [3.8, 4) is 0 Å². The van der Waals surface area contributed by atoms with Crippen LogP contribution in [0.3, 0.4) is 0 Å². The highest BCUT2D eigenvalue weighted by molar-refractivity contribution is 7.98. The molecule has 23 heavy (non-hydrogen) atoms. The van der Waals surface area contributed by atoms with E-state index in [9.17, 15) is 9.90 Å². The molecule has 0 atom stereocenters. The number of hydrogen-bond donors (Lipinski definition) is 1. The molecule has 1 aromatic heterocycles. The lowest BCUT2D eigenvalue weighted by Gasteiger charge is -2.27. The van der Waals surface area contributed by atoms with Gasteiger partial charge in [0.15, 0.2) is 5.76 Å². The van der Waals surface area contributed by atoms with Gasteiger partial charge in [0.25, 0.3) is 5.91 Å². The van der Waals surface area contributed by atoms with E-state index >= 15 is 0 Å². The Kier molecular flexibility index (Phi) is 5.91. The van der Waals surface area contributed by atoms with E-state index in [0.29, 0.717) is 18.1 Å². The zero-order valence-electron chi connectivity index (χ0n) is 13.8. The zero-order chi connectivity index (χ0) is 16.9. The summed E-state index contributed by atoms with van der Waals surface area (Å²) in [5, 5.41) is 9.96. The van der Waals surface area contributed by atoms with Gasteiger partial charge in [0.05, 0.1) is 11.9 Å². The number of amides is 1. The average Bonchev–Trinajstić information content (AvgIpc) is 2.98. The van der Waals surface area contributed by atoms with Gasteiger partial charge < -0.3 is 14.4 Å². The van der Waals surface area contributed by atoms with Crippen LogP contribution in [0.5, 0.6) is 0 Å². The molecule has 0 unspecified atom stereocenters. The molecule has 5 heteroatoms. The summed E-state index contributed by atoms with van der Waals surface area (Å²) in [6.07, 6.45) is 1.55. The van der Waals surface area contributed by atoms with Crippen molar-refractivity contribution >= 4 is 17.7 Å². The Hall–Kier alpha value is -1.72. The molecule has 0 aliphatic carbocycles. The summed E-state index contributed by atoms with van der Waals surface area (Å²) in [7, 11) is 0. The molecule has 0 saturated heterocycles. The van der Waals surface area contributed by atoms with Crippen LogP contribution in [0, 0.1) is 0 Å². The summed E-state index contributed by atoms with van der Waals surface area (Å²) in [5.74, 6) is 0.851. The highest BCUT2D eigenvalue weighted by Crippen LogP contribution is 2.25. The van der Waals surface area contributed by atoms with Crippen LogP contribution < -0.4 is 0 Å². The van der Waals surface area contributed by atoms with Gasteiger partial charge in [-0.2, -0.15) is 0 Å². The minimum Gasteiger partial charge on any atom is -0.459 e. The standard InChI is InChI=1S/C18H23NO3S/c1-4-19(13-18(2,3)21)17(20)16-14(10-11-22-16)12-23-15-8-6-5-7-9-15/h5-11,21H,4,12-13H2,1-3H3. The molecule has 0 saturated carbocycles. The van der Waals surface area contributed by atoms with Gasteiger partial charge in [-0.15, -0.1) is 11.8 Å². The van der Waals surface area contributed by atoms with Crippen molar-refractivity contribution < 1.29 is 14.3 Å². The molecule has 1 aromatic carbocycles. The number of hydrogen-bond acceptors (Lipinski definition) is 4. The first kappa shape index (κ1) is 17.6. The van der Waals surface area contributed by atoms with Gasteiger partial charge in [0.1, 0.15) is 0 Å². The van der Waals surface area contributed by atoms with Gasteiger partial charge in [0, 0.05) is 29.3 Å². The second-order valence-electron chi connectivity index (χ2n) is 6.01. The van der Waals surface area contributed by atoms with E-state index in [0.717, 1.165) is 10.5 Å². The highest BCUT2D eigenvalue weighted by Gasteiger charge is 2.25. The van der Waals surface area contributed by atoms with E-state index < -0.39 is 5.60 Å². The lowest BCUT2D eigenvalue weighted by atomic mass is 10.1. The normalized spacial score (nSPS) is 11.5. The van der Waals surface area contributed by atoms with Gasteiger partial charge in [-0.3, -0.25) is 4.79 Å². The molecule has 1 amide bonds. The van der Waals surface area contributed by atoms with Gasteiger partial charge in [0.2, 0.25) is 0 Å². The largest absolute Gasteiger partial charge is 0.459 e. The van der Waals surface area contributed by atoms with E-state index in [1.807, 2.05) is 43.3 Å². The predicted molar refractivity (Wildman–Crippen MR) is 92.6 cm³/mol. The molecule has 0 fully saturated rings. The number of nitrogens with zero attached hydrogens (tertiary/aromatic N) is 1. The molecule has 0 aliphatic heterocycles. The number of carbonyl (C=O) groups is 1. The second-order valence-corrected chi connectivity index (χ2v) is 7.06. The van der Waals surface area contributed by atoms with Crippen molar-refractivity contribution in [2.75, 3.05) is 13.1 Å². The van der Waals surface area contributed by atoms with Gasteiger partial charge in [-0.25, -0.2) is 0 Å². The fourth-order valence-electron chi connectivity index (χ4n) is 2.25. The average molecular weight is 333 g/mol. The first-order valence-electron chi connectivity index (χ1n) is 7.66. The monoisotopic (exact) mass is 333 g/mol. The third-order valence-electron chi connectivity index (χ3n) is 3.33. The summed E-state index contributed by atoms with van der Waals surface area (Å²) >= 11 is 1.66. The Morgan fingerprint density at radius 1 is 1.26 bits per heavy atom. The second kappa shape index (κ2) is 7.70. The van der Waals surface area contributed by atoms with Crippen LogP contribution in [0.15, 0.2) is 52.0 Å². The van der Waals surface area contributed by atoms with Crippen molar-refractivity contribution in [3.63, 3.8) is 0 Å². The third-order valence-corrected chi connectivity index (χ3v) is 4.39. The predicted octanol–water partition coefficient (Wildman–Crippen LogP) is 3.80. The Labute approximate surface area is 141 Å². The lowest BCUT2D eigenvalue weighted by molar-refractivity contribution is 0.0298. The van der Waals surface area contributed by atoms with E-state index in [4.69, 9.17) is 4.42 Å². The van der Waals surface area contributed by atoms with Crippen LogP contribution in [0.25, 0.3) is 0 Å². The zero-order valence-corrected chi connectivity index (χ0v) is 14.6. The summed E-state index contributed by atoms with van der Waals surface area (Å²) in [5.41, 5.74) is -0.0601. The number of carbonyl (C=O) groups excluding carboxylic acids is 1. The summed E-state index contributed by atoms with van der Waals surface area (Å²) in [6, 6.07) is 11.9. The molecule has 0 spiro atoms. The number of furan rings is 1. The molecule has 2 rings (SSSR count). The number of thioether (sulfide) groups is 1. The molecule has 0 aliphatic rings. The lowest BCUT2D eigenvalue weighted by Crippen LogP contribution is -2.42. The van der Waals surface area contributed by atoms with E-state index in [1.165, 1.54) is 0 Å². The summed E-state index contributed by atoms with van der Waals surface area (Å²) in [6.45, 7) is 6.07. The highest BCUT2D eigenvalue weighted by atomic mass is 32.2. The molecule has 4 nitrogen and oxygen atoms in total. The van der Waals surface area contributed by atoms with Crippen molar-refractivity contribution in [3.05, 3.63) is 54.0 Å².